The fraction of sp³-hybridized carbons (Fsp3) is 0.250. The van der Waals surface area contributed by atoms with Gasteiger partial charge < -0.3 is 10.8 Å². The smallest absolute Gasteiger partial charge is 0.183 e. The second-order valence-electron chi connectivity index (χ2n) is 5.58. The first-order valence-electron chi connectivity index (χ1n) is 6.85. The van der Waals surface area contributed by atoms with Crippen molar-refractivity contribution < 1.29 is 13.5 Å². The maximum Gasteiger partial charge on any atom is 0.183 e. The van der Waals surface area contributed by atoms with Crippen LogP contribution in [0, 0.1) is 0 Å². The van der Waals surface area contributed by atoms with Crippen molar-refractivity contribution in [3.8, 4) is 0 Å². The van der Waals surface area contributed by atoms with E-state index in [0.717, 1.165) is 5.56 Å². The largest absolute Gasteiger partial charge is 0.394 e. The van der Waals surface area contributed by atoms with Gasteiger partial charge in [-0.2, -0.15) is 0 Å². The molecule has 2 aromatic carbocycles. The van der Waals surface area contributed by atoms with Crippen molar-refractivity contribution in [2.24, 2.45) is 5.73 Å². The maximum atomic E-state index is 12.8. The lowest BCUT2D eigenvalue weighted by Gasteiger charge is -2.08. The summed E-state index contributed by atoms with van der Waals surface area (Å²) in [6.45, 7) is -0.402. The number of nitrogens with two attached hydrogens (primary N) is 1. The highest BCUT2D eigenvalue weighted by atomic mass is 35.5. The molecule has 2 aromatic rings. The number of aliphatic hydroxyl groups excluding tert-OH is 1. The molecule has 0 spiro atoms. The summed E-state index contributed by atoms with van der Waals surface area (Å²) in [5, 5.41) is 9.28. The number of hydrogen-bond donors (Lipinski definition) is 2. The van der Waals surface area contributed by atoms with E-state index in [1.165, 1.54) is 0 Å². The summed E-state index contributed by atoms with van der Waals surface area (Å²) in [6, 6.07) is 15.1. The van der Waals surface area contributed by atoms with Gasteiger partial charge in [-0.1, -0.05) is 41.9 Å². The Bertz CT molecular complexity index is 794. The number of sulfone groups is 1. The molecule has 3 atom stereocenters. The molecule has 22 heavy (non-hydrogen) atoms. The van der Waals surface area contributed by atoms with E-state index < -0.39 is 33.2 Å². The molecule has 0 saturated heterocycles. The predicted molar refractivity (Wildman–Crippen MR) is 85.6 cm³/mol. The van der Waals surface area contributed by atoms with Crippen molar-refractivity contribution in [3.63, 3.8) is 0 Å². The molecule has 1 aliphatic rings. The summed E-state index contributed by atoms with van der Waals surface area (Å²) in [4.78, 5) is 0.216. The third-order valence-electron chi connectivity index (χ3n) is 4.19. The minimum Gasteiger partial charge on any atom is -0.394 e. The Morgan fingerprint density at radius 2 is 1.82 bits per heavy atom. The quantitative estimate of drug-likeness (QED) is 0.893. The molecule has 0 amide bonds. The highest BCUT2D eigenvalue weighted by molar-refractivity contribution is 7.92. The van der Waals surface area contributed by atoms with Gasteiger partial charge in [0.15, 0.2) is 9.84 Å². The van der Waals surface area contributed by atoms with Gasteiger partial charge in [0.2, 0.25) is 0 Å². The Morgan fingerprint density at radius 3 is 2.41 bits per heavy atom. The third kappa shape index (κ3) is 2.34. The molecule has 1 saturated carbocycles. The summed E-state index contributed by atoms with van der Waals surface area (Å²) in [6.07, 6.45) is 0. The average Bonchev–Trinajstić information content (AvgIpc) is 3.16. The van der Waals surface area contributed by atoms with E-state index >= 15 is 0 Å². The van der Waals surface area contributed by atoms with Crippen molar-refractivity contribution in [3.05, 3.63) is 65.2 Å². The van der Waals surface area contributed by atoms with Crippen LogP contribution < -0.4 is 5.73 Å². The lowest BCUT2D eigenvalue weighted by molar-refractivity contribution is 0.253. The molecule has 0 radical (unpaired) electrons. The normalized spacial score (nSPS) is 27.6. The number of benzene rings is 2. The van der Waals surface area contributed by atoms with Crippen LogP contribution in [0.3, 0.4) is 0 Å². The first kappa shape index (κ1) is 15.5. The molecule has 0 heterocycles. The Balaban J connectivity index is 2.04. The second-order valence-corrected chi connectivity index (χ2v) is 8.09. The summed E-state index contributed by atoms with van der Waals surface area (Å²) < 4.78 is 25.6. The van der Waals surface area contributed by atoms with E-state index in [2.05, 4.69) is 0 Å². The van der Waals surface area contributed by atoms with E-state index in [1.54, 1.807) is 54.6 Å². The van der Waals surface area contributed by atoms with Gasteiger partial charge in [0.1, 0.15) is 0 Å². The first-order valence-corrected chi connectivity index (χ1v) is 8.78. The number of rotatable bonds is 4. The van der Waals surface area contributed by atoms with E-state index in [4.69, 9.17) is 17.3 Å². The Morgan fingerprint density at radius 1 is 1.14 bits per heavy atom. The average molecular weight is 338 g/mol. The zero-order valence-corrected chi connectivity index (χ0v) is 13.3. The van der Waals surface area contributed by atoms with Gasteiger partial charge in [-0.3, -0.25) is 0 Å². The first-order chi connectivity index (χ1) is 10.4. The number of halogens is 1. The highest BCUT2D eigenvalue weighted by Gasteiger charge is 2.69. The Labute approximate surface area is 134 Å². The van der Waals surface area contributed by atoms with Gasteiger partial charge in [0.25, 0.3) is 0 Å². The van der Waals surface area contributed by atoms with Crippen molar-refractivity contribution in [2.45, 2.75) is 21.6 Å². The van der Waals surface area contributed by atoms with Gasteiger partial charge >= 0.3 is 0 Å². The molecule has 0 bridgehead atoms. The monoisotopic (exact) mass is 337 g/mol. The fourth-order valence-corrected chi connectivity index (χ4v) is 5.54. The fourth-order valence-electron chi connectivity index (χ4n) is 3.02. The van der Waals surface area contributed by atoms with Crippen LogP contribution in [0.25, 0.3) is 0 Å². The van der Waals surface area contributed by atoms with Crippen LogP contribution in [-0.4, -0.2) is 30.9 Å². The predicted octanol–water partition coefficient (Wildman–Crippen LogP) is 1.97. The van der Waals surface area contributed by atoms with Crippen LogP contribution in [-0.2, 0) is 9.84 Å². The van der Waals surface area contributed by atoms with Crippen molar-refractivity contribution in [1.82, 2.24) is 0 Å². The van der Waals surface area contributed by atoms with Crippen LogP contribution >= 0.6 is 11.6 Å². The summed E-state index contributed by atoms with van der Waals surface area (Å²) >= 11 is 5.98. The van der Waals surface area contributed by atoms with Crippen LogP contribution in [0.1, 0.15) is 11.5 Å². The molecule has 1 fully saturated rings. The van der Waals surface area contributed by atoms with Crippen molar-refractivity contribution >= 4 is 21.4 Å². The lowest BCUT2D eigenvalue weighted by Crippen LogP contribution is -2.35. The van der Waals surface area contributed by atoms with Gasteiger partial charge in [0.05, 0.1) is 22.3 Å². The molecule has 0 unspecified atom stereocenters. The Kier molecular flexibility index (Phi) is 3.77. The molecular formula is C16H16ClNO3S. The third-order valence-corrected chi connectivity index (χ3v) is 6.73. The minimum absolute atomic E-state index is 0.216. The number of hydrogen-bond acceptors (Lipinski definition) is 4. The SMILES string of the molecule is N[C@]1(CO)[C@@H](c2cccc(Cl)c2)[C@@H]1S(=O)(=O)c1ccccc1. The van der Waals surface area contributed by atoms with Gasteiger partial charge in [0, 0.05) is 10.9 Å². The standard InChI is InChI=1S/C16H16ClNO3S/c17-12-6-4-5-11(9-12)14-15(16(14,18)10-19)22(20,21)13-7-2-1-3-8-13/h1-9,14-15,19H,10,18H2/t14-,15-,16+/m0/s1. The second kappa shape index (κ2) is 5.35. The van der Waals surface area contributed by atoms with Gasteiger partial charge in [-0.15, -0.1) is 0 Å². The zero-order valence-electron chi connectivity index (χ0n) is 11.7. The van der Waals surface area contributed by atoms with Gasteiger partial charge in [-0.25, -0.2) is 8.42 Å². The van der Waals surface area contributed by atoms with E-state index in [-0.39, 0.29) is 4.90 Å². The molecule has 3 rings (SSSR count). The number of aliphatic hydroxyl groups is 1. The van der Waals surface area contributed by atoms with E-state index in [9.17, 15) is 13.5 Å². The van der Waals surface area contributed by atoms with Crippen LogP contribution in [0.2, 0.25) is 5.02 Å². The minimum atomic E-state index is -3.62. The maximum absolute atomic E-state index is 12.8. The topological polar surface area (TPSA) is 80.4 Å². The molecule has 6 heteroatoms. The van der Waals surface area contributed by atoms with Crippen molar-refractivity contribution in [2.75, 3.05) is 6.61 Å². The summed E-state index contributed by atoms with van der Waals surface area (Å²) in [5.74, 6) is -0.471. The molecular weight excluding hydrogens is 322 g/mol. The van der Waals surface area contributed by atoms with Gasteiger partial charge in [-0.05, 0) is 29.8 Å². The molecule has 3 N–H and O–H groups in total. The molecule has 1 aliphatic carbocycles. The van der Waals surface area contributed by atoms with Crippen LogP contribution in [0.5, 0.6) is 0 Å². The highest BCUT2D eigenvalue weighted by Crippen LogP contribution is 2.55. The zero-order chi connectivity index (χ0) is 16.0. The molecule has 4 nitrogen and oxygen atoms in total. The van der Waals surface area contributed by atoms with Crippen molar-refractivity contribution in [1.29, 1.82) is 0 Å². The molecule has 0 aromatic heterocycles. The molecule has 0 aliphatic heterocycles. The van der Waals surface area contributed by atoms with E-state index in [1.807, 2.05) is 0 Å². The lowest BCUT2D eigenvalue weighted by atomic mass is 10.1. The molecule has 116 valence electrons. The Hall–Kier alpha value is -1.40. The van der Waals surface area contributed by atoms with E-state index in [0.29, 0.717) is 5.02 Å². The summed E-state index contributed by atoms with van der Waals surface area (Å²) in [5.41, 5.74) is 5.72. The van der Waals surface area contributed by atoms with Crippen LogP contribution in [0.4, 0.5) is 0 Å². The van der Waals surface area contributed by atoms with Crippen LogP contribution in [0.15, 0.2) is 59.5 Å². The summed E-state index contributed by atoms with van der Waals surface area (Å²) in [7, 11) is -3.62.